The number of alkyl halides is 3. The molecule has 0 spiro atoms. The van der Waals surface area contributed by atoms with Crippen molar-refractivity contribution >= 4 is 28.7 Å². The minimum atomic E-state index is -4.40. The van der Waals surface area contributed by atoms with E-state index in [0.717, 1.165) is 29.5 Å². The van der Waals surface area contributed by atoms with Crippen LogP contribution in [0.3, 0.4) is 0 Å². The largest absolute Gasteiger partial charge is 0.416 e. The molecule has 0 saturated carbocycles. The van der Waals surface area contributed by atoms with Gasteiger partial charge in [-0.1, -0.05) is 12.1 Å². The Morgan fingerprint density at radius 3 is 2.50 bits per heavy atom. The molecule has 30 heavy (non-hydrogen) atoms. The molecule has 0 bridgehead atoms. The number of carbonyl (C=O) groups excluding carboxylic acids is 1. The smallest absolute Gasteiger partial charge is 0.384 e. The maximum absolute atomic E-state index is 12.9. The Hall–Kier alpha value is -3.68. The lowest BCUT2D eigenvalue weighted by molar-refractivity contribution is -0.137. The summed E-state index contributed by atoms with van der Waals surface area (Å²) in [7, 11) is 1.59. The quantitative estimate of drug-likeness (QED) is 0.411. The second-order valence-corrected chi connectivity index (χ2v) is 6.58. The number of fused-ring (bicyclic) bond motifs is 1. The highest BCUT2D eigenvalue weighted by Gasteiger charge is 2.30. The molecule has 1 aromatic heterocycles. The lowest BCUT2D eigenvalue weighted by atomic mass is 10.0. The van der Waals surface area contributed by atoms with Gasteiger partial charge in [0.25, 0.3) is 5.91 Å². The maximum atomic E-state index is 12.9. The summed E-state index contributed by atoms with van der Waals surface area (Å²) >= 11 is 0. The standard InChI is InChI=1S/C22H19F3N4O/c1-13-11-14(3-6-17(13)29-21(30)20(27-2)9-10-26)18-7-4-15-12-16(22(23,24)25)5-8-19(15)28-18/h3-12,26-27H,1-2H3,(H,29,30)/b20-9-,26-10?. The SMILES string of the molecule is CN/C(=C\C=N)C(=O)Nc1ccc(-c2ccc3cc(C(F)(F)F)ccc3n2)cc1C. The van der Waals surface area contributed by atoms with Gasteiger partial charge in [-0.2, -0.15) is 13.2 Å². The van der Waals surface area contributed by atoms with Gasteiger partial charge in [0.15, 0.2) is 0 Å². The number of hydrogen-bond acceptors (Lipinski definition) is 4. The molecule has 5 nitrogen and oxygen atoms in total. The van der Waals surface area contributed by atoms with Crippen molar-refractivity contribution in [2.45, 2.75) is 13.1 Å². The van der Waals surface area contributed by atoms with E-state index in [2.05, 4.69) is 15.6 Å². The van der Waals surface area contributed by atoms with Crippen molar-refractivity contribution < 1.29 is 18.0 Å². The average Bonchev–Trinajstić information content (AvgIpc) is 2.71. The number of hydrogen-bond donors (Lipinski definition) is 3. The van der Waals surface area contributed by atoms with Gasteiger partial charge in [-0.15, -0.1) is 0 Å². The molecule has 3 N–H and O–H groups in total. The molecule has 8 heteroatoms. The predicted octanol–water partition coefficient (Wildman–Crippen LogP) is 4.92. The van der Waals surface area contributed by atoms with E-state index in [9.17, 15) is 18.0 Å². The van der Waals surface area contributed by atoms with Crippen LogP contribution in [0.25, 0.3) is 22.2 Å². The van der Waals surface area contributed by atoms with Crippen molar-refractivity contribution in [2.24, 2.45) is 0 Å². The van der Waals surface area contributed by atoms with E-state index < -0.39 is 11.7 Å². The van der Waals surface area contributed by atoms with Crippen molar-refractivity contribution in [3.05, 3.63) is 71.4 Å². The topological polar surface area (TPSA) is 77.9 Å². The second kappa shape index (κ2) is 8.36. The van der Waals surface area contributed by atoms with Crippen LogP contribution in [0.15, 0.2) is 60.3 Å². The van der Waals surface area contributed by atoms with E-state index in [1.54, 1.807) is 31.3 Å². The van der Waals surface area contributed by atoms with Crippen LogP contribution in [-0.4, -0.2) is 24.2 Å². The minimum Gasteiger partial charge on any atom is -0.384 e. The van der Waals surface area contributed by atoms with Gasteiger partial charge in [-0.25, -0.2) is 4.98 Å². The van der Waals surface area contributed by atoms with Gasteiger partial charge in [-0.05, 0) is 55.0 Å². The van der Waals surface area contributed by atoms with E-state index in [1.807, 2.05) is 13.0 Å². The second-order valence-electron chi connectivity index (χ2n) is 6.58. The number of anilines is 1. The molecular formula is C22H19F3N4O. The van der Waals surface area contributed by atoms with E-state index >= 15 is 0 Å². The van der Waals surface area contributed by atoms with Gasteiger partial charge in [0, 0.05) is 29.9 Å². The molecule has 0 aliphatic carbocycles. The molecule has 0 atom stereocenters. The van der Waals surface area contributed by atoms with Crippen LogP contribution < -0.4 is 10.6 Å². The first-order chi connectivity index (χ1) is 14.2. The number of rotatable bonds is 5. The van der Waals surface area contributed by atoms with Gasteiger partial charge >= 0.3 is 6.18 Å². The lowest BCUT2D eigenvalue weighted by Gasteiger charge is -2.12. The lowest BCUT2D eigenvalue weighted by Crippen LogP contribution is -2.23. The zero-order valence-corrected chi connectivity index (χ0v) is 16.3. The monoisotopic (exact) mass is 412 g/mol. The highest BCUT2D eigenvalue weighted by atomic mass is 19.4. The summed E-state index contributed by atoms with van der Waals surface area (Å²) in [6.07, 6.45) is -2.03. The van der Waals surface area contributed by atoms with E-state index in [0.29, 0.717) is 22.3 Å². The number of benzene rings is 2. The van der Waals surface area contributed by atoms with Crippen LogP contribution in [0.2, 0.25) is 0 Å². The molecule has 3 aromatic rings. The zero-order chi connectivity index (χ0) is 21.9. The number of nitrogens with zero attached hydrogens (tertiary/aromatic N) is 1. The molecule has 1 heterocycles. The number of amides is 1. The van der Waals surface area contributed by atoms with Crippen molar-refractivity contribution in [1.82, 2.24) is 10.3 Å². The van der Waals surface area contributed by atoms with Gasteiger partial charge in [0.05, 0.1) is 16.8 Å². The van der Waals surface area contributed by atoms with Crippen molar-refractivity contribution in [2.75, 3.05) is 12.4 Å². The van der Waals surface area contributed by atoms with Crippen LogP contribution in [-0.2, 0) is 11.0 Å². The fourth-order valence-electron chi connectivity index (χ4n) is 2.97. The molecule has 0 unspecified atom stereocenters. The summed E-state index contributed by atoms with van der Waals surface area (Å²) in [4.78, 5) is 16.7. The molecule has 154 valence electrons. The van der Waals surface area contributed by atoms with Gasteiger partial charge < -0.3 is 16.0 Å². The first-order valence-corrected chi connectivity index (χ1v) is 9.02. The van der Waals surface area contributed by atoms with Crippen LogP contribution in [0, 0.1) is 12.3 Å². The van der Waals surface area contributed by atoms with Crippen molar-refractivity contribution in [3.63, 3.8) is 0 Å². The Bertz CT molecular complexity index is 1150. The number of aryl methyl sites for hydroxylation is 1. The number of nitrogens with one attached hydrogen (secondary N) is 3. The molecule has 1 amide bonds. The Labute approximate surface area is 171 Å². The fraction of sp³-hybridized carbons (Fsp3) is 0.136. The first-order valence-electron chi connectivity index (χ1n) is 9.02. The van der Waals surface area contributed by atoms with Crippen molar-refractivity contribution in [1.29, 1.82) is 5.41 Å². The molecular weight excluding hydrogens is 393 g/mol. The van der Waals surface area contributed by atoms with Crippen LogP contribution >= 0.6 is 0 Å². The summed E-state index contributed by atoms with van der Waals surface area (Å²) in [6, 6.07) is 12.1. The highest BCUT2D eigenvalue weighted by Crippen LogP contribution is 2.32. The van der Waals surface area contributed by atoms with Gasteiger partial charge in [0.1, 0.15) is 5.70 Å². The number of allylic oxidation sites excluding steroid dienone is 1. The normalized spacial score (nSPS) is 12.0. The minimum absolute atomic E-state index is 0.253. The van der Waals surface area contributed by atoms with Crippen LogP contribution in [0.1, 0.15) is 11.1 Å². The predicted molar refractivity (Wildman–Crippen MR) is 111 cm³/mol. The summed E-state index contributed by atoms with van der Waals surface area (Å²) in [6.45, 7) is 1.83. The van der Waals surface area contributed by atoms with Crippen molar-refractivity contribution in [3.8, 4) is 11.3 Å². The Kier molecular flexibility index (Phi) is 5.86. The Balaban J connectivity index is 1.88. The van der Waals surface area contributed by atoms with E-state index in [-0.39, 0.29) is 11.6 Å². The third kappa shape index (κ3) is 4.48. The number of aromatic nitrogens is 1. The molecule has 0 aliphatic rings. The summed E-state index contributed by atoms with van der Waals surface area (Å²) in [5.41, 5.74) is 2.79. The Morgan fingerprint density at radius 1 is 1.10 bits per heavy atom. The van der Waals surface area contributed by atoms with Crippen LogP contribution in [0.5, 0.6) is 0 Å². The number of likely N-dealkylation sites (N-methyl/N-ethyl adjacent to an activating group) is 1. The summed E-state index contributed by atoms with van der Waals surface area (Å²) in [5.74, 6) is -0.374. The highest BCUT2D eigenvalue weighted by molar-refractivity contribution is 6.05. The number of pyridine rings is 1. The maximum Gasteiger partial charge on any atom is 0.416 e. The molecule has 3 rings (SSSR count). The van der Waals surface area contributed by atoms with Gasteiger partial charge in [-0.3, -0.25) is 4.79 Å². The zero-order valence-electron chi connectivity index (χ0n) is 16.3. The van der Waals surface area contributed by atoms with Gasteiger partial charge in [0.2, 0.25) is 0 Å². The summed E-state index contributed by atoms with van der Waals surface area (Å²) in [5, 5.41) is 13.0. The molecule has 0 radical (unpaired) electrons. The van der Waals surface area contributed by atoms with Crippen LogP contribution in [0.4, 0.5) is 18.9 Å². The molecule has 2 aromatic carbocycles. The third-order valence-corrected chi connectivity index (χ3v) is 4.55. The number of halogens is 3. The molecule has 0 fully saturated rings. The average molecular weight is 412 g/mol. The summed E-state index contributed by atoms with van der Waals surface area (Å²) < 4.78 is 38.6. The van der Waals surface area contributed by atoms with E-state index in [4.69, 9.17) is 5.41 Å². The number of carbonyl (C=O) groups is 1. The molecule has 0 saturated heterocycles. The molecule has 0 aliphatic heterocycles. The third-order valence-electron chi connectivity index (χ3n) is 4.55. The first kappa shape index (κ1) is 21.0. The van der Waals surface area contributed by atoms with E-state index in [1.165, 1.54) is 12.1 Å². The Morgan fingerprint density at radius 2 is 1.87 bits per heavy atom. The fourth-order valence-corrected chi connectivity index (χ4v) is 2.97.